The monoisotopic (exact) mass is 912 g/mol. The zero-order valence-corrected chi connectivity index (χ0v) is 39.2. The Balaban J connectivity index is 0.000000148. The Morgan fingerprint density at radius 3 is 1.52 bits per heavy atom. The van der Waals surface area contributed by atoms with Crippen molar-refractivity contribution in [2.24, 2.45) is 95.9 Å². The standard InChI is InChI=1S/C23H36N4O3.C21H33BrO2.C2H4N4O/c1-22(30)10-8-15-14(12-22)4-5-17-16(15)9-11-23(2)18(17)6-7-19(23)20(28)13-27-21(29)26(3)24-25-27;1-20(24)9-7-14-13(11-20)3-4-16-15(14)8-10-21(2)17(16)5-6-18(21)19(23)12-22;1-6-2(7)3-4-5-6/h14-19,30H,4-13H2,1-3H3;13-18,24H,3-12H2,1-2H3;1H3,(H,3,5,7)/t14-,15+,16-,17-,18+,19-,22-,23+;13-,14+,15-,16-,17+,18-,20-,21+;/m11./s1. The number of aryl methyl sites for hydroxylation is 2. The van der Waals surface area contributed by atoms with Crippen LogP contribution in [0.3, 0.4) is 0 Å². The summed E-state index contributed by atoms with van der Waals surface area (Å²) < 4.78 is 3.50. The van der Waals surface area contributed by atoms with E-state index in [1.165, 1.54) is 80.6 Å². The molecule has 0 spiro atoms. The summed E-state index contributed by atoms with van der Waals surface area (Å²) in [6.07, 6.45) is 20.9. The van der Waals surface area contributed by atoms with Gasteiger partial charge in [-0.25, -0.2) is 14.7 Å². The number of hydrogen-bond acceptors (Lipinski definition) is 10. The maximum absolute atomic E-state index is 13.2. The van der Waals surface area contributed by atoms with Gasteiger partial charge in [-0.1, -0.05) is 29.8 Å². The summed E-state index contributed by atoms with van der Waals surface area (Å²) in [5.41, 5.74) is -1.19. The highest BCUT2D eigenvalue weighted by atomic mass is 79.9. The highest BCUT2D eigenvalue weighted by molar-refractivity contribution is 9.09. The zero-order chi connectivity index (χ0) is 43.6. The van der Waals surface area contributed by atoms with Crippen LogP contribution in [-0.4, -0.2) is 78.3 Å². The van der Waals surface area contributed by atoms with Crippen LogP contribution in [0.15, 0.2) is 9.59 Å². The van der Waals surface area contributed by atoms with Gasteiger partial charge in [-0.2, -0.15) is 14.0 Å². The van der Waals surface area contributed by atoms with E-state index in [0.717, 1.165) is 103 Å². The third-order valence-corrected chi connectivity index (χ3v) is 19.6. The molecule has 2 aromatic heterocycles. The van der Waals surface area contributed by atoms with Crippen LogP contribution in [0, 0.1) is 81.8 Å². The van der Waals surface area contributed by atoms with Crippen LogP contribution in [0.2, 0.25) is 0 Å². The first-order valence-electron chi connectivity index (χ1n) is 23.8. The van der Waals surface area contributed by atoms with Crippen molar-refractivity contribution < 1.29 is 19.8 Å². The summed E-state index contributed by atoms with van der Waals surface area (Å²) in [6, 6.07) is 0. The molecule has 8 saturated carbocycles. The maximum Gasteiger partial charge on any atom is 0.363 e. The van der Waals surface area contributed by atoms with Crippen LogP contribution < -0.4 is 11.4 Å². The number of rotatable bonds is 5. The van der Waals surface area contributed by atoms with Crippen molar-refractivity contribution in [1.82, 2.24) is 40.0 Å². The lowest BCUT2D eigenvalue weighted by Crippen LogP contribution is -2.51. The van der Waals surface area contributed by atoms with Gasteiger partial charge in [-0.15, -0.1) is 0 Å². The first-order chi connectivity index (χ1) is 28.9. The fourth-order valence-electron chi connectivity index (χ4n) is 16.3. The molecule has 10 rings (SSSR count). The topological polar surface area (TPSA) is 191 Å². The Morgan fingerprint density at radius 2 is 1.11 bits per heavy atom. The van der Waals surface area contributed by atoms with Gasteiger partial charge in [0.2, 0.25) is 0 Å². The average Bonchev–Trinajstić information content (AvgIpc) is 3.97. The lowest BCUT2D eigenvalue weighted by Gasteiger charge is -2.56. The van der Waals surface area contributed by atoms with Crippen molar-refractivity contribution in [3.8, 4) is 0 Å². The normalized spacial score (nSPS) is 44.6. The predicted octanol–water partition coefficient (Wildman–Crippen LogP) is 6.04. The third-order valence-electron chi connectivity index (χ3n) is 19.1. The Morgan fingerprint density at radius 1 is 0.623 bits per heavy atom. The fraction of sp³-hybridized carbons (Fsp3) is 0.913. The SMILES string of the molecule is C[C@@]1(O)CC[C@H]2[C@H](CC[C@@H]3[C@@H]2CC[C@]2(C)[C@@H](C(=O)CBr)CC[C@@H]32)C1.Cn1nn[nH]c1=O.Cn1nnn(CC(=O)[C@H]2CC[C@H]3[C@@H]4CC[C@@H]5C[C@](C)(O)CC[C@@H]5[C@H]4CC[C@]23C)c1=O. The molecular weight excluding hydrogens is 840 g/mol. The molecule has 0 aromatic carbocycles. The minimum Gasteiger partial charge on any atom is -0.390 e. The number of carbonyl (C=O) groups is 2. The van der Waals surface area contributed by atoms with Crippen LogP contribution in [0.1, 0.15) is 143 Å². The Bertz CT molecular complexity index is 2020. The number of aromatic amines is 1. The van der Waals surface area contributed by atoms with Gasteiger partial charge in [0, 0.05) is 25.9 Å². The van der Waals surface area contributed by atoms with Crippen LogP contribution in [0.4, 0.5) is 0 Å². The van der Waals surface area contributed by atoms with E-state index in [0.29, 0.717) is 28.9 Å². The van der Waals surface area contributed by atoms with E-state index in [-0.39, 0.29) is 40.5 Å². The first kappa shape index (κ1) is 45.1. The number of nitrogens with one attached hydrogen (secondary N) is 1. The quantitative estimate of drug-likeness (QED) is 0.298. The molecule has 340 valence electrons. The molecular formula is C46H73BrN8O6. The Kier molecular flexibility index (Phi) is 12.6. The number of tetrazole rings is 2. The molecule has 16 atom stereocenters. The number of H-pyrrole nitrogens is 1. The highest BCUT2D eigenvalue weighted by Crippen LogP contribution is 2.66. The van der Waals surface area contributed by atoms with Crippen LogP contribution in [-0.2, 0) is 30.2 Å². The molecule has 0 unspecified atom stereocenters. The number of nitrogens with zero attached hydrogens (tertiary/aromatic N) is 7. The number of fused-ring (bicyclic) bond motifs is 10. The van der Waals surface area contributed by atoms with E-state index in [1.54, 1.807) is 7.05 Å². The molecule has 15 heteroatoms. The first-order valence-corrected chi connectivity index (χ1v) is 25.0. The van der Waals surface area contributed by atoms with E-state index >= 15 is 0 Å². The minimum atomic E-state index is -0.472. The fourth-order valence-corrected chi connectivity index (χ4v) is 16.7. The van der Waals surface area contributed by atoms with Crippen molar-refractivity contribution in [3.63, 3.8) is 0 Å². The number of carbonyl (C=O) groups excluding carboxylic acids is 2. The van der Waals surface area contributed by atoms with Crippen molar-refractivity contribution in [2.75, 3.05) is 5.33 Å². The van der Waals surface area contributed by atoms with E-state index in [1.807, 2.05) is 13.8 Å². The third kappa shape index (κ3) is 8.48. The van der Waals surface area contributed by atoms with Gasteiger partial charge in [0.05, 0.1) is 16.5 Å². The molecule has 0 bridgehead atoms. The number of Topliss-reactive ketones (excluding diaryl/α,β-unsaturated/α-hetero) is 2. The molecule has 61 heavy (non-hydrogen) atoms. The second-order valence-electron chi connectivity index (χ2n) is 22.4. The molecule has 8 aliphatic carbocycles. The molecule has 8 fully saturated rings. The van der Waals surface area contributed by atoms with Crippen LogP contribution >= 0.6 is 15.9 Å². The molecule has 2 heterocycles. The number of hydrogen-bond donors (Lipinski definition) is 3. The molecule has 0 radical (unpaired) electrons. The molecule has 8 aliphatic rings. The smallest absolute Gasteiger partial charge is 0.363 e. The van der Waals surface area contributed by atoms with Gasteiger partial charge in [-0.05, 0) is 220 Å². The molecule has 2 aromatic rings. The number of aliphatic hydroxyl groups is 2. The largest absolute Gasteiger partial charge is 0.390 e. The second kappa shape index (κ2) is 17.1. The molecule has 14 nitrogen and oxygen atoms in total. The predicted molar refractivity (Wildman–Crippen MR) is 233 cm³/mol. The Labute approximate surface area is 369 Å². The summed E-state index contributed by atoms with van der Waals surface area (Å²) in [5, 5.41) is 37.8. The molecule has 0 saturated heterocycles. The Hall–Kier alpha value is -2.52. The van der Waals surface area contributed by atoms with Gasteiger partial charge in [0.25, 0.3) is 0 Å². The number of alkyl halides is 1. The molecule has 3 N–H and O–H groups in total. The lowest BCUT2D eigenvalue weighted by atomic mass is 9.49. The van der Waals surface area contributed by atoms with Crippen LogP contribution in [0.5, 0.6) is 0 Å². The minimum absolute atomic E-state index is 0.0298. The second-order valence-corrected chi connectivity index (χ2v) is 23.0. The molecule has 0 amide bonds. The maximum atomic E-state index is 13.2. The summed E-state index contributed by atoms with van der Waals surface area (Å²) in [4.78, 5) is 48.0. The van der Waals surface area contributed by atoms with Gasteiger partial charge in [-0.3, -0.25) is 9.59 Å². The van der Waals surface area contributed by atoms with Crippen molar-refractivity contribution in [3.05, 3.63) is 21.0 Å². The van der Waals surface area contributed by atoms with Gasteiger partial charge >= 0.3 is 11.4 Å². The lowest BCUT2D eigenvalue weighted by molar-refractivity contribution is -0.133. The van der Waals surface area contributed by atoms with Crippen molar-refractivity contribution in [2.45, 2.75) is 161 Å². The van der Waals surface area contributed by atoms with E-state index in [2.05, 4.69) is 55.7 Å². The average molecular weight is 914 g/mol. The summed E-state index contributed by atoms with van der Waals surface area (Å²) in [7, 11) is 3.08. The van der Waals surface area contributed by atoms with Crippen molar-refractivity contribution in [1.29, 1.82) is 0 Å². The van der Waals surface area contributed by atoms with Gasteiger partial charge in [0.1, 0.15) is 12.3 Å². The van der Waals surface area contributed by atoms with Crippen LogP contribution in [0.25, 0.3) is 0 Å². The number of aromatic nitrogens is 8. The molecule has 0 aliphatic heterocycles. The summed E-state index contributed by atoms with van der Waals surface area (Å²) >= 11 is 3.42. The van der Waals surface area contributed by atoms with Crippen molar-refractivity contribution >= 4 is 27.5 Å². The van der Waals surface area contributed by atoms with E-state index in [4.69, 9.17) is 0 Å². The van der Waals surface area contributed by atoms with Gasteiger partial charge < -0.3 is 10.2 Å². The number of halogens is 1. The number of ketones is 2. The summed E-state index contributed by atoms with van der Waals surface area (Å²) in [6.45, 7) is 8.89. The van der Waals surface area contributed by atoms with E-state index in [9.17, 15) is 29.4 Å². The van der Waals surface area contributed by atoms with Gasteiger partial charge in [0.15, 0.2) is 5.78 Å². The zero-order valence-electron chi connectivity index (χ0n) is 37.6. The van der Waals surface area contributed by atoms with E-state index < -0.39 is 11.2 Å². The highest BCUT2D eigenvalue weighted by Gasteiger charge is 2.60. The summed E-state index contributed by atoms with van der Waals surface area (Å²) in [5.74, 6) is 8.58.